The quantitative estimate of drug-likeness (QED) is 0.314. The van der Waals surface area contributed by atoms with Crippen LogP contribution < -0.4 is 14.9 Å². The maximum Gasteiger partial charge on any atom is 0.417 e. The number of halogens is 4. The highest BCUT2D eigenvalue weighted by molar-refractivity contribution is 9.10. The van der Waals surface area contributed by atoms with E-state index in [-0.39, 0.29) is 5.82 Å². The standard InChI is InChI=1S/C22H19BrF3N3O2/c1-14-3-5-15(6-4-14)13-31-20-10-18(23)16(9-19(20)30-2)11-28-29-21-8-7-17(12-27-21)22(24,25)26/h3-12H,13H2,1-2H3,(H,27,29)/b28-11-. The minimum absolute atomic E-state index is 0.186. The summed E-state index contributed by atoms with van der Waals surface area (Å²) in [4.78, 5) is 3.70. The number of pyridine rings is 1. The summed E-state index contributed by atoms with van der Waals surface area (Å²) in [6.07, 6.45) is -2.19. The fourth-order valence-corrected chi connectivity index (χ4v) is 2.99. The topological polar surface area (TPSA) is 55.7 Å². The summed E-state index contributed by atoms with van der Waals surface area (Å²) in [6.45, 7) is 2.41. The summed E-state index contributed by atoms with van der Waals surface area (Å²) < 4.78 is 49.8. The Morgan fingerprint density at radius 3 is 2.45 bits per heavy atom. The second kappa shape index (κ2) is 9.82. The lowest BCUT2D eigenvalue weighted by Gasteiger charge is -2.13. The van der Waals surface area contributed by atoms with Crippen LogP contribution in [-0.4, -0.2) is 18.3 Å². The van der Waals surface area contributed by atoms with E-state index in [1.165, 1.54) is 25.0 Å². The molecule has 0 amide bonds. The van der Waals surface area contributed by atoms with E-state index in [9.17, 15) is 13.2 Å². The van der Waals surface area contributed by atoms with Gasteiger partial charge in [-0.05, 0) is 52.7 Å². The molecule has 9 heteroatoms. The molecule has 3 aromatic rings. The summed E-state index contributed by atoms with van der Waals surface area (Å²) in [6, 6.07) is 13.7. The molecule has 0 spiro atoms. The van der Waals surface area contributed by atoms with Crippen LogP contribution in [0.1, 0.15) is 22.3 Å². The van der Waals surface area contributed by atoms with Crippen LogP contribution in [0, 0.1) is 6.92 Å². The molecule has 0 saturated carbocycles. The third-order valence-corrected chi connectivity index (χ3v) is 4.96. The van der Waals surface area contributed by atoms with Gasteiger partial charge >= 0.3 is 6.18 Å². The van der Waals surface area contributed by atoms with E-state index in [2.05, 4.69) is 31.4 Å². The zero-order valence-corrected chi connectivity index (χ0v) is 18.3. The summed E-state index contributed by atoms with van der Waals surface area (Å²) in [7, 11) is 1.53. The van der Waals surface area contributed by atoms with Crippen molar-refractivity contribution < 1.29 is 22.6 Å². The number of aryl methyl sites for hydroxylation is 1. The van der Waals surface area contributed by atoms with Gasteiger partial charge in [-0.2, -0.15) is 18.3 Å². The van der Waals surface area contributed by atoms with Gasteiger partial charge in [0, 0.05) is 16.2 Å². The molecule has 0 radical (unpaired) electrons. The Hall–Kier alpha value is -3.07. The lowest BCUT2D eigenvalue weighted by atomic mass is 10.2. The number of anilines is 1. The number of benzene rings is 2. The first kappa shape index (κ1) is 22.6. The number of ether oxygens (including phenoxy) is 2. The Labute approximate surface area is 186 Å². The molecule has 1 aromatic heterocycles. The first-order valence-corrected chi connectivity index (χ1v) is 9.94. The van der Waals surface area contributed by atoms with Gasteiger partial charge in [0.2, 0.25) is 0 Å². The minimum Gasteiger partial charge on any atom is -0.493 e. The van der Waals surface area contributed by atoms with Crippen LogP contribution >= 0.6 is 15.9 Å². The molecule has 31 heavy (non-hydrogen) atoms. The summed E-state index contributed by atoms with van der Waals surface area (Å²) >= 11 is 3.47. The maximum absolute atomic E-state index is 12.6. The van der Waals surface area contributed by atoms with Crippen molar-refractivity contribution in [3.63, 3.8) is 0 Å². The van der Waals surface area contributed by atoms with E-state index in [0.29, 0.717) is 28.1 Å². The van der Waals surface area contributed by atoms with E-state index >= 15 is 0 Å². The highest BCUT2D eigenvalue weighted by Crippen LogP contribution is 2.33. The molecule has 3 rings (SSSR count). The first-order chi connectivity index (χ1) is 14.8. The second-order valence-corrected chi connectivity index (χ2v) is 7.45. The van der Waals surface area contributed by atoms with Crippen LogP contribution in [-0.2, 0) is 12.8 Å². The Bertz CT molecular complexity index is 1050. The zero-order chi connectivity index (χ0) is 22.4. The molecule has 5 nitrogen and oxygen atoms in total. The first-order valence-electron chi connectivity index (χ1n) is 9.14. The fraction of sp³-hybridized carbons (Fsp3) is 0.182. The fourth-order valence-electron chi connectivity index (χ4n) is 2.56. The van der Waals surface area contributed by atoms with Gasteiger partial charge in [-0.1, -0.05) is 29.8 Å². The largest absolute Gasteiger partial charge is 0.493 e. The Morgan fingerprint density at radius 2 is 1.84 bits per heavy atom. The molecule has 0 bridgehead atoms. The van der Waals surface area contributed by atoms with Gasteiger partial charge < -0.3 is 9.47 Å². The number of alkyl halides is 3. The van der Waals surface area contributed by atoms with Gasteiger partial charge in [0.1, 0.15) is 12.4 Å². The van der Waals surface area contributed by atoms with Gasteiger partial charge in [-0.25, -0.2) is 4.98 Å². The van der Waals surface area contributed by atoms with Gasteiger partial charge in [0.15, 0.2) is 11.5 Å². The number of hydrogen-bond donors (Lipinski definition) is 1. The predicted molar refractivity (Wildman–Crippen MR) is 117 cm³/mol. The van der Waals surface area contributed by atoms with Crippen LogP contribution in [0.3, 0.4) is 0 Å². The monoisotopic (exact) mass is 493 g/mol. The van der Waals surface area contributed by atoms with Crippen molar-refractivity contribution in [1.29, 1.82) is 0 Å². The number of rotatable bonds is 7. The van der Waals surface area contributed by atoms with Crippen LogP contribution in [0.15, 0.2) is 64.3 Å². The van der Waals surface area contributed by atoms with Crippen molar-refractivity contribution in [3.05, 3.63) is 81.5 Å². The molecule has 0 atom stereocenters. The number of hydrogen-bond acceptors (Lipinski definition) is 5. The van der Waals surface area contributed by atoms with Crippen LogP contribution in [0.2, 0.25) is 0 Å². The molecule has 1 N–H and O–H groups in total. The lowest BCUT2D eigenvalue weighted by molar-refractivity contribution is -0.137. The van der Waals surface area contributed by atoms with E-state index in [0.717, 1.165) is 17.8 Å². The van der Waals surface area contributed by atoms with E-state index in [4.69, 9.17) is 9.47 Å². The van der Waals surface area contributed by atoms with Crippen molar-refractivity contribution in [1.82, 2.24) is 4.98 Å². The molecule has 0 aliphatic carbocycles. The summed E-state index contributed by atoms with van der Waals surface area (Å²) in [5.41, 5.74) is 4.66. The van der Waals surface area contributed by atoms with Gasteiger partial charge in [0.05, 0.1) is 18.9 Å². The number of nitrogens with zero attached hydrogens (tertiary/aromatic N) is 2. The van der Waals surface area contributed by atoms with Crippen molar-refractivity contribution in [2.75, 3.05) is 12.5 Å². The molecule has 0 aliphatic heterocycles. The minimum atomic E-state index is -4.43. The molecule has 0 fully saturated rings. The van der Waals surface area contributed by atoms with Crippen molar-refractivity contribution >= 4 is 28.0 Å². The highest BCUT2D eigenvalue weighted by atomic mass is 79.9. The zero-order valence-electron chi connectivity index (χ0n) is 16.7. The SMILES string of the molecule is COc1cc(/C=N\Nc2ccc(C(F)(F)F)cn2)c(Br)cc1OCc1ccc(C)cc1. The van der Waals surface area contributed by atoms with Gasteiger partial charge in [-0.15, -0.1) is 0 Å². The van der Waals surface area contributed by atoms with Gasteiger partial charge in [0.25, 0.3) is 0 Å². The predicted octanol–water partition coefficient (Wildman–Crippen LogP) is 6.20. The second-order valence-electron chi connectivity index (χ2n) is 6.60. The van der Waals surface area contributed by atoms with Crippen molar-refractivity contribution in [2.24, 2.45) is 5.10 Å². The molecule has 1 heterocycles. The Kier molecular flexibility index (Phi) is 7.17. The lowest BCUT2D eigenvalue weighted by Crippen LogP contribution is -2.05. The van der Waals surface area contributed by atoms with Crippen molar-refractivity contribution in [2.45, 2.75) is 19.7 Å². The van der Waals surface area contributed by atoms with Crippen LogP contribution in [0.5, 0.6) is 11.5 Å². The third-order valence-electron chi connectivity index (χ3n) is 4.27. The number of methoxy groups -OCH3 is 1. The maximum atomic E-state index is 12.6. The molecule has 0 unspecified atom stereocenters. The average molecular weight is 494 g/mol. The number of aromatic nitrogens is 1. The normalized spacial score (nSPS) is 11.5. The van der Waals surface area contributed by atoms with Crippen LogP contribution in [0.4, 0.5) is 19.0 Å². The van der Waals surface area contributed by atoms with Crippen molar-refractivity contribution in [3.8, 4) is 11.5 Å². The number of nitrogens with one attached hydrogen (secondary N) is 1. The smallest absolute Gasteiger partial charge is 0.417 e. The molecular weight excluding hydrogens is 475 g/mol. The Balaban J connectivity index is 1.68. The van der Waals surface area contributed by atoms with Crippen LogP contribution in [0.25, 0.3) is 0 Å². The molecule has 0 aliphatic rings. The van der Waals surface area contributed by atoms with Gasteiger partial charge in [-0.3, -0.25) is 5.43 Å². The van der Waals surface area contributed by atoms with E-state index < -0.39 is 11.7 Å². The average Bonchev–Trinajstić information content (AvgIpc) is 2.74. The molecular formula is C22H19BrF3N3O2. The molecule has 0 saturated heterocycles. The van der Waals surface area contributed by atoms with E-state index in [1.54, 1.807) is 12.1 Å². The third kappa shape index (κ3) is 6.21. The highest BCUT2D eigenvalue weighted by Gasteiger charge is 2.30. The summed E-state index contributed by atoms with van der Waals surface area (Å²) in [5.74, 6) is 1.26. The molecule has 162 valence electrons. The van der Waals surface area contributed by atoms with E-state index in [1.807, 2.05) is 31.2 Å². The Morgan fingerprint density at radius 1 is 1.10 bits per heavy atom. The number of hydrazone groups is 1. The molecule has 2 aromatic carbocycles. The summed E-state index contributed by atoms with van der Waals surface area (Å²) in [5, 5.41) is 4.03.